The highest BCUT2D eigenvalue weighted by atomic mass is 35.5. The maximum absolute atomic E-state index is 12.2. The highest BCUT2D eigenvalue weighted by molar-refractivity contribution is 5.85. The zero-order valence-corrected chi connectivity index (χ0v) is 10.6. The van der Waals surface area contributed by atoms with Crippen molar-refractivity contribution >= 4 is 18.3 Å². The Bertz CT molecular complexity index is 260. The second kappa shape index (κ2) is 5.96. The molecule has 17 heavy (non-hydrogen) atoms. The number of alkyl halides is 2. The number of amides is 1. The van der Waals surface area contributed by atoms with Crippen LogP contribution in [0.3, 0.4) is 0 Å². The van der Waals surface area contributed by atoms with Crippen LogP contribution in [0.1, 0.15) is 25.7 Å². The molecular formula is C11H19ClF2N2O. The molecule has 2 fully saturated rings. The van der Waals surface area contributed by atoms with Crippen LogP contribution < -0.4 is 5.32 Å². The Morgan fingerprint density at radius 2 is 1.88 bits per heavy atom. The number of carbonyl (C=O) groups excluding carboxylic acids is 1. The fraction of sp³-hybridized carbons (Fsp3) is 0.909. The molecule has 2 saturated heterocycles. The van der Waals surface area contributed by atoms with Crippen molar-refractivity contribution in [1.29, 1.82) is 0 Å². The summed E-state index contributed by atoms with van der Waals surface area (Å²) in [6.07, 6.45) is 1.19. The van der Waals surface area contributed by atoms with E-state index in [0.29, 0.717) is 13.1 Å². The van der Waals surface area contributed by atoms with Gasteiger partial charge in [0.25, 0.3) is 5.91 Å². The number of nitrogens with one attached hydrogen (secondary N) is 1. The Morgan fingerprint density at radius 3 is 2.35 bits per heavy atom. The van der Waals surface area contributed by atoms with Gasteiger partial charge >= 0.3 is 6.43 Å². The summed E-state index contributed by atoms with van der Waals surface area (Å²) in [6, 6.07) is 0. The molecule has 0 aromatic carbocycles. The Balaban J connectivity index is 0.00000144. The second-order valence-corrected chi connectivity index (χ2v) is 4.91. The Kier molecular flexibility index (Phi) is 5.13. The van der Waals surface area contributed by atoms with E-state index in [1.165, 1.54) is 4.90 Å². The first-order valence-corrected chi connectivity index (χ1v) is 5.91. The number of rotatable bonds is 1. The lowest BCUT2D eigenvalue weighted by atomic mass is 9.73. The Hall–Kier alpha value is -0.420. The van der Waals surface area contributed by atoms with Crippen LogP contribution in [0.5, 0.6) is 0 Å². The van der Waals surface area contributed by atoms with E-state index in [1.807, 2.05) is 0 Å². The van der Waals surface area contributed by atoms with Crippen LogP contribution in [0.25, 0.3) is 0 Å². The molecule has 100 valence electrons. The third-order valence-electron chi connectivity index (χ3n) is 3.88. The number of halogens is 3. The normalized spacial score (nSPS) is 23.6. The fourth-order valence-corrected chi connectivity index (χ4v) is 2.80. The van der Waals surface area contributed by atoms with Crippen LogP contribution in [0.15, 0.2) is 0 Å². The number of carbonyl (C=O) groups is 1. The third kappa shape index (κ3) is 3.28. The molecule has 1 amide bonds. The molecule has 6 heteroatoms. The summed E-state index contributed by atoms with van der Waals surface area (Å²) in [6.45, 7) is 3.01. The van der Waals surface area contributed by atoms with Crippen molar-refractivity contribution in [3.05, 3.63) is 0 Å². The molecule has 0 saturated carbocycles. The predicted octanol–water partition coefficient (Wildman–Crippen LogP) is 1.67. The minimum Gasteiger partial charge on any atom is -0.338 e. The van der Waals surface area contributed by atoms with Gasteiger partial charge in [-0.25, -0.2) is 0 Å². The summed E-state index contributed by atoms with van der Waals surface area (Å²) in [5.74, 6) is -1.00. The number of hydrogen-bond acceptors (Lipinski definition) is 2. The zero-order valence-electron chi connectivity index (χ0n) is 9.75. The molecule has 0 bridgehead atoms. The lowest BCUT2D eigenvalue weighted by Crippen LogP contribution is -2.50. The Morgan fingerprint density at radius 1 is 1.24 bits per heavy atom. The molecule has 1 spiro atoms. The van der Waals surface area contributed by atoms with E-state index in [0.717, 1.165) is 38.8 Å². The zero-order chi connectivity index (χ0) is 11.6. The summed E-state index contributed by atoms with van der Waals surface area (Å²) < 4.78 is 24.5. The first-order chi connectivity index (χ1) is 7.63. The highest BCUT2D eigenvalue weighted by Crippen LogP contribution is 2.37. The topological polar surface area (TPSA) is 32.3 Å². The monoisotopic (exact) mass is 268 g/mol. The minimum atomic E-state index is -2.85. The quantitative estimate of drug-likeness (QED) is 0.785. The second-order valence-electron chi connectivity index (χ2n) is 4.91. The first-order valence-electron chi connectivity index (χ1n) is 5.91. The average molecular weight is 269 g/mol. The Labute approximate surface area is 106 Å². The molecule has 0 unspecified atom stereocenters. The first kappa shape index (κ1) is 14.6. The molecule has 1 N–H and O–H groups in total. The van der Waals surface area contributed by atoms with Crippen LogP contribution in [-0.4, -0.2) is 43.4 Å². The van der Waals surface area contributed by atoms with Crippen LogP contribution in [0.4, 0.5) is 8.78 Å². The highest BCUT2D eigenvalue weighted by Gasteiger charge is 2.38. The average Bonchev–Trinajstić information content (AvgIpc) is 2.30. The molecule has 2 rings (SSSR count). The molecule has 3 nitrogen and oxygen atoms in total. The summed E-state index contributed by atoms with van der Waals surface area (Å²) in [4.78, 5) is 12.4. The van der Waals surface area contributed by atoms with Gasteiger partial charge in [0.15, 0.2) is 0 Å². The van der Waals surface area contributed by atoms with E-state index >= 15 is 0 Å². The summed E-state index contributed by atoms with van der Waals surface area (Å²) in [5, 5.41) is 3.36. The maximum atomic E-state index is 12.2. The number of likely N-dealkylation sites (tertiary alicyclic amines) is 1. The van der Waals surface area contributed by atoms with Crippen LogP contribution in [0, 0.1) is 5.41 Å². The van der Waals surface area contributed by atoms with E-state index in [2.05, 4.69) is 5.32 Å². The van der Waals surface area contributed by atoms with Gasteiger partial charge in [-0.2, -0.15) is 8.78 Å². The lowest BCUT2D eigenvalue weighted by molar-refractivity contribution is -0.145. The van der Waals surface area contributed by atoms with Crippen LogP contribution in [-0.2, 0) is 4.79 Å². The van der Waals surface area contributed by atoms with Gasteiger partial charge in [0.2, 0.25) is 0 Å². The van der Waals surface area contributed by atoms with Gasteiger partial charge in [-0.15, -0.1) is 12.4 Å². The number of piperidine rings is 2. The van der Waals surface area contributed by atoms with E-state index in [1.54, 1.807) is 0 Å². The van der Waals surface area contributed by atoms with Crippen molar-refractivity contribution in [3.63, 3.8) is 0 Å². The summed E-state index contributed by atoms with van der Waals surface area (Å²) in [7, 11) is 0. The van der Waals surface area contributed by atoms with Crippen molar-refractivity contribution < 1.29 is 13.6 Å². The largest absolute Gasteiger partial charge is 0.338 e. The SMILES string of the molecule is Cl.O=C(C(F)F)N1CCC2(CCCNC2)CC1. The smallest absolute Gasteiger partial charge is 0.315 e. The molecule has 0 aliphatic carbocycles. The standard InChI is InChI=1S/C11H18F2N2O.ClH/c12-9(13)10(16)15-6-3-11(4-7-15)2-1-5-14-8-11;/h9,14H,1-8H2;1H. The minimum absolute atomic E-state index is 0. The molecule has 0 aromatic rings. The van der Waals surface area contributed by atoms with E-state index in [-0.39, 0.29) is 17.8 Å². The number of hydrogen-bond donors (Lipinski definition) is 1. The van der Waals surface area contributed by atoms with Crippen LogP contribution in [0.2, 0.25) is 0 Å². The van der Waals surface area contributed by atoms with Gasteiger partial charge in [-0.05, 0) is 37.6 Å². The van der Waals surface area contributed by atoms with Gasteiger partial charge in [0.1, 0.15) is 0 Å². The molecule has 2 heterocycles. The molecule has 2 aliphatic heterocycles. The third-order valence-corrected chi connectivity index (χ3v) is 3.88. The maximum Gasteiger partial charge on any atom is 0.315 e. The van der Waals surface area contributed by atoms with Gasteiger partial charge in [0, 0.05) is 19.6 Å². The fourth-order valence-electron chi connectivity index (χ4n) is 2.80. The van der Waals surface area contributed by atoms with E-state index < -0.39 is 12.3 Å². The molecule has 0 atom stereocenters. The lowest BCUT2D eigenvalue weighted by Gasteiger charge is -2.44. The van der Waals surface area contributed by atoms with Crippen molar-refractivity contribution in [3.8, 4) is 0 Å². The van der Waals surface area contributed by atoms with Crippen molar-refractivity contribution in [2.45, 2.75) is 32.1 Å². The number of nitrogens with zero attached hydrogens (tertiary/aromatic N) is 1. The van der Waals surface area contributed by atoms with E-state index in [9.17, 15) is 13.6 Å². The predicted molar refractivity (Wildman–Crippen MR) is 63.6 cm³/mol. The molecular weight excluding hydrogens is 250 g/mol. The van der Waals surface area contributed by atoms with E-state index in [4.69, 9.17) is 0 Å². The van der Waals surface area contributed by atoms with Gasteiger partial charge in [-0.1, -0.05) is 0 Å². The summed E-state index contributed by atoms with van der Waals surface area (Å²) >= 11 is 0. The molecule has 0 aromatic heterocycles. The summed E-state index contributed by atoms with van der Waals surface area (Å²) in [5.41, 5.74) is 0.261. The van der Waals surface area contributed by atoms with Gasteiger partial charge in [-0.3, -0.25) is 4.79 Å². The van der Waals surface area contributed by atoms with Crippen molar-refractivity contribution in [2.75, 3.05) is 26.2 Å². The molecule has 0 radical (unpaired) electrons. The van der Waals surface area contributed by atoms with Gasteiger partial charge < -0.3 is 10.2 Å². The van der Waals surface area contributed by atoms with Crippen molar-refractivity contribution in [2.24, 2.45) is 5.41 Å². The van der Waals surface area contributed by atoms with Crippen LogP contribution >= 0.6 is 12.4 Å². The van der Waals surface area contributed by atoms with Gasteiger partial charge in [0.05, 0.1) is 0 Å². The molecule has 2 aliphatic rings. The van der Waals surface area contributed by atoms with Crippen molar-refractivity contribution in [1.82, 2.24) is 10.2 Å².